The highest BCUT2D eigenvalue weighted by molar-refractivity contribution is 14.0. The van der Waals surface area contributed by atoms with Crippen LogP contribution in [0, 0.1) is 6.92 Å². The van der Waals surface area contributed by atoms with E-state index in [2.05, 4.69) is 51.5 Å². The largest absolute Gasteiger partial charge is 0.356 e. The van der Waals surface area contributed by atoms with E-state index < -0.39 is 0 Å². The number of unbranched alkanes of at least 4 members (excludes halogenated alkanes) is 1. The summed E-state index contributed by atoms with van der Waals surface area (Å²) in [5.41, 5.74) is 3.34. The molecule has 0 aliphatic heterocycles. The van der Waals surface area contributed by atoms with Gasteiger partial charge in [-0.05, 0) is 43.4 Å². The third-order valence-electron chi connectivity index (χ3n) is 3.69. The molecule has 0 spiro atoms. The van der Waals surface area contributed by atoms with Crippen LogP contribution in [0.25, 0.3) is 5.65 Å². The Hall–Kier alpha value is -0.960. The zero-order valence-corrected chi connectivity index (χ0v) is 17.9. The molecule has 0 saturated heterocycles. The normalized spacial score (nSPS) is 11.4. The number of rotatable bonds is 8. The maximum Gasteiger partial charge on any atom is 0.190 e. The first-order valence-corrected chi connectivity index (χ1v) is 9.50. The second kappa shape index (κ2) is 11.6. The summed E-state index contributed by atoms with van der Waals surface area (Å²) in [5, 5.41) is 6.71. The number of guanidine groups is 1. The number of halogens is 1. The van der Waals surface area contributed by atoms with E-state index in [0.717, 1.165) is 36.8 Å². The Morgan fingerprint density at radius 1 is 1.29 bits per heavy atom. The fraction of sp³-hybridized carbons (Fsp3) is 0.529. The molecule has 0 aliphatic carbocycles. The molecule has 0 aromatic carbocycles. The summed E-state index contributed by atoms with van der Waals surface area (Å²) in [6.45, 7) is 3.88. The average molecular weight is 461 g/mol. The molecule has 7 heteroatoms. The van der Waals surface area contributed by atoms with E-state index in [1.165, 1.54) is 24.2 Å². The van der Waals surface area contributed by atoms with Crippen molar-refractivity contribution in [2.24, 2.45) is 4.99 Å². The van der Waals surface area contributed by atoms with Gasteiger partial charge in [0.2, 0.25) is 0 Å². The van der Waals surface area contributed by atoms with Gasteiger partial charge in [-0.1, -0.05) is 6.07 Å². The van der Waals surface area contributed by atoms with Gasteiger partial charge in [-0.3, -0.25) is 4.99 Å². The van der Waals surface area contributed by atoms with Crippen molar-refractivity contribution in [3.05, 3.63) is 35.8 Å². The second-order valence-corrected chi connectivity index (χ2v) is 6.52. The molecule has 0 aliphatic rings. The van der Waals surface area contributed by atoms with E-state index >= 15 is 0 Å². The van der Waals surface area contributed by atoms with Crippen LogP contribution in [0.2, 0.25) is 0 Å². The van der Waals surface area contributed by atoms with Crippen molar-refractivity contribution < 1.29 is 0 Å². The van der Waals surface area contributed by atoms with Crippen molar-refractivity contribution >= 4 is 47.3 Å². The molecule has 0 atom stereocenters. The van der Waals surface area contributed by atoms with Gasteiger partial charge in [0.1, 0.15) is 5.65 Å². The minimum absolute atomic E-state index is 0. The Labute approximate surface area is 166 Å². The van der Waals surface area contributed by atoms with Crippen molar-refractivity contribution in [1.29, 1.82) is 0 Å². The summed E-state index contributed by atoms with van der Waals surface area (Å²) in [5.74, 6) is 2.09. The molecule has 2 heterocycles. The van der Waals surface area contributed by atoms with Crippen LogP contribution >= 0.6 is 35.7 Å². The monoisotopic (exact) mass is 461 g/mol. The number of imidazole rings is 1. The van der Waals surface area contributed by atoms with Gasteiger partial charge < -0.3 is 15.0 Å². The quantitative estimate of drug-likeness (QED) is 0.275. The average Bonchev–Trinajstić information content (AvgIpc) is 2.97. The number of pyridine rings is 1. The first-order valence-electron chi connectivity index (χ1n) is 8.11. The van der Waals surface area contributed by atoms with E-state index in [1.54, 1.807) is 0 Å². The molecule has 2 aromatic rings. The minimum Gasteiger partial charge on any atom is -0.356 e. The van der Waals surface area contributed by atoms with Crippen LogP contribution in [0.1, 0.15) is 24.1 Å². The first-order chi connectivity index (χ1) is 11.2. The van der Waals surface area contributed by atoms with Gasteiger partial charge in [-0.25, -0.2) is 4.98 Å². The van der Waals surface area contributed by atoms with Gasteiger partial charge in [0.05, 0.1) is 5.69 Å². The highest BCUT2D eigenvalue weighted by atomic mass is 127. The Bertz CT molecular complexity index is 641. The van der Waals surface area contributed by atoms with Crippen LogP contribution in [0.4, 0.5) is 0 Å². The maximum atomic E-state index is 4.69. The number of nitrogens with zero attached hydrogens (tertiary/aromatic N) is 3. The summed E-state index contributed by atoms with van der Waals surface area (Å²) in [4.78, 5) is 8.95. The summed E-state index contributed by atoms with van der Waals surface area (Å²) in [7, 11) is 1.81. The lowest BCUT2D eigenvalue weighted by molar-refractivity contribution is 0.729. The number of fused-ring (bicyclic) bond motifs is 1. The van der Waals surface area contributed by atoms with Gasteiger partial charge in [0.15, 0.2) is 5.96 Å². The molecule has 2 N–H and O–H groups in total. The van der Waals surface area contributed by atoms with E-state index in [4.69, 9.17) is 4.98 Å². The van der Waals surface area contributed by atoms with E-state index in [0.29, 0.717) is 0 Å². The fourth-order valence-corrected chi connectivity index (χ4v) is 2.93. The van der Waals surface area contributed by atoms with Gasteiger partial charge in [0.25, 0.3) is 0 Å². The predicted molar refractivity (Wildman–Crippen MR) is 116 cm³/mol. The van der Waals surface area contributed by atoms with Crippen molar-refractivity contribution in [1.82, 2.24) is 20.0 Å². The molecule has 0 amide bonds. The number of nitrogens with one attached hydrogen (secondary N) is 2. The van der Waals surface area contributed by atoms with E-state index in [9.17, 15) is 0 Å². The van der Waals surface area contributed by atoms with Crippen LogP contribution in [0.15, 0.2) is 29.5 Å². The summed E-state index contributed by atoms with van der Waals surface area (Å²) < 4.78 is 2.09. The molecule has 5 nitrogen and oxygen atoms in total. The molecule has 24 heavy (non-hydrogen) atoms. The smallest absolute Gasteiger partial charge is 0.190 e. The predicted octanol–water partition coefficient (Wildman–Crippen LogP) is 3.11. The molecule has 0 radical (unpaired) electrons. The van der Waals surface area contributed by atoms with Crippen molar-refractivity contribution in [3.63, 3.8) is 0 Å². The van der Waals surface area contributed by atoms with Crippen LogP contribution in [0.5, 0.6) is 0 Å². The number of hydrogen-bond acceptors (Lipinski definition) is 3. The second-order valence-electron chi connectivity index (χ2n) is 5.53. The summed E-state index contributed by atoms with van der Waals surface area (Å²) >= 11 is 1.90. The lowest BCUT2D eigenvalue weighted by Gasteiger charge is -2.11. The van der Waals surface area contributed by atoms with Crippen LogP contribution in [-0.2, 0) is 6.42 Å². The van der Waals surface area contributed by atoms with E-state index in [1.807, 2.05) is 25.0 Å². The third-order valence-corrected chi connectivity index (χ3v) is 4.39. The number of aromatic nitrogens is 2. The van der Waals surface area contributed by atoms with Crippen molar-refractivity contribution in [2.45, 2.75) is 26.2 Å². The third kappa shape index (κ3) is 6.51. The summed E-state index contributed by atoms with van der Waals surface area (Å²) in [6.07, 6.45) is 9.59. The maximum absolute atomic E-state index is 4.69. The molecule has 0 saturated carbocycles. The Morgan fingerprint density at radius 3 is 2.79 bits per heavy atom. The highest BCUT2D eigenvalue weighted by Gasteiger charge is 2.04. The molecule has 0 bridgehead atoms. The highest BCUT2D eigenvalue weighted by Crippen LogP contribution is 2.09. The Morgan fingerprint density at radius 2 is 2.08 bits per heavy atom. The number of aryl methyl sites for hydroxylation is 1. The first kappa shape index (κ1) is 21.1. The number of aliphatic imine (C=N–C) groups is 1. The molecule has 0 unspecified atom stereocenters. The Balaban J connectivity index is 0.00000288. The Kier molecular flexibility index (Phi) is 10.2. The molecular weight excluding hydrogens is 433 g/mol. The van der Waals surface area contributed by atoms with Crippen LogP contribution in [0.3, 0.4) is 0 Å². The topological polar surface area (TPSA) is 53.7 Å². The molecule has 134 valence electrons. The van der Waals surface area contributed by atoms with Crippen molar-refractivity contribution in [2.75, 3.05) is 32.1 Å². The standard InChI is InChI=1S/C17H27N5S.HI/c1-14-7-6-11-22-13-15(21-16(14)22)8-10-20-17(18-2)19-9-4-5-12-23-3;/h6-7,11,13H,4-5,8-10,12H2,1-3H3,(H2,18,19,20);1H. The molecule has 0 fully saturated rings. The molecular formula is C17H28IN5S. The lowest BCUT2D eigenvalue weighted by atomic mass is 10.3. The number of hydrogen-bond donors (Lipinski definition) is 2. The SMILES string of the molecule is CN=C(NCCCCSC)NCCc1cn2cccc(C)c2n1.I. The minimum atomic E-state index is 0. The van der Waals surface area contributed by atoms with Crippen molar-refractivity contribution in [3.8, 4) is 0 Å². The molecule has 2 aromatic heterocycles. The zero-order valence-electron chi connectivity index (χ0n) is 14.7. The van der Waals surface area contributed by atoms with E-state index in [-0.39, 0.29) is 24.0 Å². The van der Waals surface area contributed by atoms with Gasteiger partial charge in [-0.2, -0.15) is 11.8 Å². The zero-order chi connectivity index (χ0) is 16.5. The van der Waals surface area contributed by atoms with Gasteiger partial charge in [-0.15, -0.1) is 24.0 Å². The lowest BCUT2D eigenvalue weighted by Crippen LogP contribution is -2.38. The summed E-state index contributed by atoms with van der Waals surface area (Å²) in [6, 6.07) is 4.14. The molecule has 2 rings (SSSR count). The van der Waals surface area contributed by atoms with Gasteiger partial charge >= 0.3 is 0 Å². The van der Waals surface area contributed by atoms with Crippen LogP contribution in [-0.4, -0.2) is 47.5 Å². The number of thioether (sulfide) groups is 1. The fourth-order valence-electron chi connectivity index (χ4n) is 2.43. The van der Waals surface area contributed by atoms with Crippen LogP contribution < -0.4 is 10.6 Å². The van der Waals surface area contributed by atoms with Gasteiger partial charge in [0, 0.05) is 39.0 Å².